The van der Waals surface area contributed by atoms with Crippen LogP contribution in [0.15, 0.2) is 54.6 Å². The number of carbonyl (C=O) groups excluding carboxylic acids is 1. The van der Waals surface area contributed by atoms with Crippen LogP contribution in [0.25, 0.3) is 0 Å². The second-order valence-electron chi connectivity index (χ2n) is 5.54. The summed E-state index contributed by atoms with van der Waals surface area (Å²) in [6.07, 6.45) is 2.26. The molecule has 1 amide bonds. The summed E-state index contributed by atoms with van der Waals surface area (Å²) in [6, 6.07) is 17.2. The van der Waals surface area contributed by atoms with Crippen molar-refractivity contribution >= 4 is 5.91 Å². The van der Waals surface area contributed by atoms with Crippen molar-refractivity contribution < 1.29 is 9.53 Å². The minimum absolute atomic E-state index is 0.0666. The highest BCUT2D eigenvalue weighted by Gasteiger charge is 2.16. The molecule has 1 saturated heterocycles. The largest absolute Gasteiger partial charge is 0.376 e. The maximum Gasteiger partial charge on any atom is 0.251 e. The fourth-order valence-corrected chi connectivity index (χ4v) is 2.48. The van der Waals surface area contributed by atoms with Crippen molar-refractivity contribution in [2.45, 2.75) is 18.9 Å². The topological polar surface area (TPSA) is 38.3 Å². The summed E-state index contributed by atoms with van der Waals surface area (Å²) in [6.45, 7) is 1.38. The first kappa shape index (κ1) is 15.3. The highest BCUT2D eigenvalue weighted by Crippen LogP contribution is 2.11. The zero-order valence-electron chi connectivity index (χ0n) is 12.9. The standard InChI is InChI=1S/C20H19NO2/c22-20(21-15-19-7-4-14-23-19)18-12-10-17(11-13-18)9-8-16-5-2-1-3-6-16/h1-3,5-6,10-13,19H,4,7,14-15H2,(H,21,22). The van der Waals surface area contributed by atoms with Crippen LogP contribution in [0.4, 0.5) is 0 Å². The van der Waals surface area contributed by atoms with E-state index in [-0.39, 0.29) is 12.0 Å². The van der Waals surface area contributed by atoms with Gasteiger partial charge >= 0.3 is 0 Å². The number of rotatable bonds is 3. The van der Waals surface area contributed by atoms with Gasteiger partial charge in [-0.1, -0.05) is 30.0 Å². The number of hydrogen-bond donors (Lipinski definition) is 1. The third-order valence-electron chi connectivity index (χ3n) is 3.79. The first-order chi connectivity index (χ1) is 11.3. The molecule has 3 heteroatoms. The summed E-state index contributed by atoms with van der Waals surface area (Å²) in [4.78, 5) is 12.1. The van der Waals surface area contributed by atoms with Gasteiger partial charge in [-0.15, -0.1) is 0 Å². The van der Waals surface area contributed by atoms with Crippen LogP contribution in [0, 0.1) is 11.8 Å². The molecule has 1 N–H and O–H groups in total. The molecule has 3 nitrogen and oxygen atoms in total. The van der Waals surface area contributed by atoms with E-state index < -0.39 is 0 Å². The molecule has 2 aromatic rings. The van der Waals surface area contributed by atoms with Gasteiger partial charge in [-0.2, -0.15) is 0 Å². The van der Waals surface area contributed by atoms with Crippen molar-refractivity contribution in [2.75, 3.05) is 13.2 Å². The molecule has 3 rings (SSSR count). The van der Waals surface area contributed by atoms with E-state index in [0.29, 0.717) is 12.1 Å². The van der Waals surface area contributed by atoms with Gasteiger partial charge in [0.2, 0.25) is 0 Å². The number of amides is 1. The van der Waals surface area contributed by atoms with Crippen molar-refractivity contribution in [3.63, 3.8) is 0 Å². The third kappa shape index (κ3) is 4.45. The highest BCUT2D eigenvalue weighted by molar-refractivity contribution is 5.94. The molecule has 0 aliphatic carbocycles. The summed E-state index contributed by atoms with van der Waals surface area (Å²) < 4.78 is 5.50. The molecule has 0 spiro atoms. The predicted octanol–water partition coefficient (Wildman–Crippen LogP) is 3.00. The Kier molecular flexibility index (Phi) is 5.08. The van der Waals surface area contributed by atoms with Gasteiger partial charge in [-0.25, -0.2) is 0 Å². The lowest BCUT2D eigenvalue weighted by atomic mass is 10.1. The van der Waals surface area contributed by atoms with E-state index in [2.05, 4.69) is 17.2 Å². The summed E-state index contributed by atoms with van der Waals surface area (Å²) in [7, 11) is 0. The van der Waals surface area contributed by atoms with Crippen LogP contribution in [-0.2, 0) is 4.74 Å². The van der Waals surface area contributed by atoms with Crippen molar-refractivity contribution in [1.82, 2.24) is 5.32 Å². The van der Waals surface area contributed by atoms with Gasteiger partial charge in [0.1, 0.15) is 0 Å². The quantitative estimate of drug-likeness (QED) is 0.885. The molecule has 23 heavy (non-hydrogen) atoms. The molecule has 1 heterocycles. The molecule has 116 valence electrons. The molecule has 0 aromatic heterocycles. The van der Waals surface area contributed by atoms with E-state index in [0.717, 1.165) is 30.6 Å². The molecule has 0 radical (unpaired) electrons. The Balaban J connectivity index is 1.58. The lowest BCUT2D eigenvalue weighted by Gasteiger charge is -2.10. The summed E-state index contributed by atoms with van der Waals surface area (Å²) in [5.41, 5.74) is 2.52. The SMILES string of the molecule is O=C(NCC1CCCO1)c1ccc(C#Cc2ccccc2)cc1. The number of hydrogen-bond acceptors (Lipinski definition) is 2. The Hall–Kier alpha value is -2.57. The molecule has 1 aliphatic rings. The summed E-state index contributed by atoms with van der Waals surface area (Å²) in [5.74, 6) is 6.14. The molecular weight excluding hydrogens is 286 g/mol. The van der Waals surface area contributed by atoms with E-state index >= 15 is 0 Å². The van der Waals surface area contributed by atoms with Gasteiger partial charge in [0.15, 0.2) is 0 Å². The molecule has 0 bridgehead atoms. The van der Waals surface area contributed by atoms with Crippen LogP contribution in [0.3, 0.4) is 0 Å². The molecule has 2 aromatic carbocycles. The van der Waals surface area contributed by atoms with Crippen LogP contribution in [0.5, 0.6) is 0 Å². The molecular formula is C20H19NO2. The zero-order valence-corrected chi connectivity index (χ0v) is 12.9. The van der Waals surface area contributed by atoms with Crippen LogP contribution < -0.4 is 5.32 Å². The van der Waals surface area contributed by atoms with E-state index in [1.165, 1.54) is 0 Å². The molecule has 0 saturated carbocycles. The molecule has 1 fully saturated rings. The van der Waals surface area contributed by atoms with Crippen molar-refractivity contribution in [1.29, 1.82) is 0 Å². The Morgan fingerprint density at radius 1 is 1.04 bits per heavy atom. The predicted molar refractivity (Wildman–Crippen MR) is 90.2 cm³/mol. The maximum atomic E-state index is 12.1. The van der Waals surface area contributed by atoms with Gasteiger partial charge in [-0.3, -0.25) is 4.79 Å². The van der Waals surface area contributed by atoms with Crippen LogP contribution in [-0.4, -0.2) is 25.2 Å². The van der Waals surface area contributed by atoms with Crippen molar-refractivity contribution in [3.05, 3.63) is 71.3 Å². The second kappa shape index (κ2) is 7.62. The molecule has 1 atom stereocenters. The fraction of sp³-hybridized carbons (Fsp3) is 0.250. The average molecular weight is 305 g/mol. The zero-order chi connectivity index (χ0) is 15.9. The van der Waals surface area contributed by atoms with Crippen molar-refractivity contribution in [2.24, 2.45) is 0 Å². The third-order valence-corrected chi connectivity index (χ3v) is 3.79. The number of carbonyl (C=O) groups is 1. The smallest absolute Gasteiger partial charge is 0.251 e. The van der Waals surface area contributed by atoms with E-state index in [4.69, 9.17) is 4.74 Å². The molecule has 1 aliphatic heterocycles. The number of benzene rings is 2. The van der Waals surface area contributed by atoms with Gasteiger partial charge in [0.05, 0.1) is 6.10 Å². The first-order valence-electron chi connectivity index (χ1n) is 7.88. The van der Waals surface area contributed by atoms with Crippen LogP contribution >= 0.6 is 0 Å². The van der Waals surface area contributed by atoms with Gasteiger partial charge in [0, 0.05) is 29.8 Å². The first-order valence-corrected chi connectivity index (χ1v) is 7.88. The lowest BCUT2D eigenvalue weighted by Crippen LogP contribution is -2.31. The van der Waals surface area contributed by atoms with E-state index in [1.54, 1.807) is 12.1 Å². The minimum atomic E-state index is -0.0666. The van der Waals surface area contributed by atoms with E-state index in [9.17, 15) is 4.79 Å². The number of nitrogens with one attached hydrogen (secondary N) is 1. The lowest BCUT2D eigenvalue weighted by molar-refractivity contribution is 0.0858. The Labute approximate surface area is 136 Å². The number of ether oxygens (including phenoxy) is 1. The van der Waals surface area contributed by atoms with Crippen LogP contribution in [0.1, 0.15) is 34.3 Å². The second-order valence-corrected chi connectivity index (χ2v) is 5.54. The monoisotopic (exact) mass is 305 g/mol. The maximum absolute atomic E-state index is 12.1. The van der Waals surface area contributed by atoms with Gasteiger partial charge in [0.25, 0.3) is 5.91 Å². The van der Waals surface area contributed by atoms with Crippen molar-refractivity contribution in [3.8, 4) is 11.8 Å². The Morgan fingerprint density at radius 3 is 2.39 bits per heavy atom. The summed E-state index contributed by atoms with van der Waals surface area (Å²) in [5, 5.41) is 2.92. The van der Waals surface area contributed by atoms with Gasteiger partial charge < -0.3 is 10.1 Å². The minimum Gasteiger partial charge on any atom is -0.376 e. The highest BCUT2D eigenvalue weighted by atomic mass is 16.5. The Morgan fingerprint density at radius 2 is 1.74 bits per heavy atom. The van der Waals surface area contributed by atoms with E-state index in [1.807, 2.05) is 42.5 Å². The van der Waals surface area contributed by atoms with Crippen LogP contribution in [0.2, 0.25) is 0 Å². The summed E-state index contributed by atoms with van der Waals surface area (Å²) >= 11 is 0. The Bertz CT molecular complexity index is 705. The average Bonchev–Trinajstić information content (AvgIpc) is 3.13. The van der Waals surface area contributed by atoms with Gasteiger partial charge in [-0.05, 0) is 49.2 Å². The molecule has 1 unspecified atom stereocenters. The normalized spacial score (nSPS) is 16.4. The fourth-order valence-electron chi connectivity index (χ4n) is 2.48.